The topological polar surface area (TPSA) is 50.9 Å². The molecular weight excluding hydrogens is 229 g/mol. The summed E-state index contributed by atoms with van der Waals surface area (Å²) in [7, 11) is 0. The van der Waals surface area contributed by atoms with Crippen molar-refractivity contribution in [2.45, 2.75) is 19.8 Å². The summed E-state index contributed by atoms with van der Waals surface area (Å²) in [6.07, 6.45) is 3.18. The quantitative estimate of drug-likeness (QED) is 0.643. The molecule has 0 saturated heterocycles. The number of pyridine rings is 1. The summed E-state index contributed by atoms with van der Waals surface area (Å²) in [5.74, 6) is 5.74. The Morgan fingerprint density at radius 1 is 1.17 bits per heavy atom. The molecule has 2 rings (SSSR count). The molecule has 0 bridgehead atoms. The second kappa shape index (κ2) is 5.60. The second-order valence-electron chi connectivity index (χ2n) is 4.19. The van der Waals surface area contributed by atoms with Crippen LogP contribution in [-0.2, 0) is 12.8 Å². The molecule has 0 spiro atoms. The van der Waals surface area contributed by atoms with Gasteiger partial charge in [0.15, 0.2) is 0 Å². The van der Waals surface area contributed by atoms with Crippen LogP contribution in [0.25, 0.3) is 0 Å². The molecular formula is C14H16FN3. The number of nitrogens with two attached hydrogens (primary N) is 1. The van der Waals surface area contributed by atoms with Gasteiger partial charge >= 0.3 is 0 Å². The van der Waals surface area contributed by atoms with Crippen LogP contribution in [-0.4, -0.2) is 4.98 Å². The van der Waals surface area contributed by atoms with Gasteiger partial charge < -0.3 is 5.43 Å². The second-order valence-corrected chi connectivity index (χ2v) is 4.19. The maximum atomic E-state index is 13.4. The molecule has 1 aromatic carbocycles. The fraction of sp³-hybridized carbons (Fsp3) is 0.214. The van der Waals surface area contributed by atoms with E-state index in [4.69, 9.17) is 5.84 Å². The van der Waals surface area contributed by atoms with Crippen LogP contribution >= 0.6 is 0 Å². The van der Waals surface area contributed by atoms with Gasteiger partial charge in [-0.2, -0.15) is 0 Å². The van der Waals surface area contributed by atoms with Crippen LogP contribution in [0.2, 0.25) is 0 Å². The van der Waals surface area contributed by atoms with Gasteiger partial charge in [0, 0.05) is 6.20 Å². The number of aryl methyl sites for hydroxylation is 1. The fourth-order valence-electron chi connectivity index (χ4n) is 1.92. The smallest absolute Gasteiger partial charge is 0.140 e. The monoisotopic (exact) mass is 245 g/mol. The van der Waals surface area contributed by atoms with Crippen molar-refractivity contribution in [3.05, 3.63) is 59.0 Å². The molecule has 4 heteroatoms. The van der Waals surface area contributed by atoms with Crippen LogP contribution in [0.15, 0.2) is 36.5 Å². The highest BCUT2D eigenvalue weighted by Gasteiger charge is 2.02. The molecule has 18 heavy (non-hydrogen) atoms. The molecule has 0 aliphatic carbocycles. The third kappa shape index (κ3) is 3.05. The first kappa shape index (κ1) is 12.5. The van der Waals surface area contributed by atoms with Gasteiger partial charge in [0.05, 0.1) is 0 Å². The van der Waals surface area contributed by atoms with Crippen LogP contribution in [0.4, 0.5) is 10.2 Å². The molecule has 0 aliphatic rings. The maximum absolute atomic E-state index is 13.4. The Labute approximate surface area is 106 Å². The highest BCUT2D eigenvalue weighted by molar-refractivity contribution is 5.38. The van der Waals surface area contributed by atoms with Crippen molar-refractivity contribution < 1.29 is 4.39 Å². The molecule has 0 amide bonds. The highest BCUT2D eigenvalue weighted by atomic mass is 19.1. The van der Waals surface area contributed by atoms with Gasteiger partial charge in [-0.15, -0.1) is 0 Å². The van der Waals surface area contributed by atoms with E-state index in [9.17, 15) is 4.39 Å². The number of benzene rings is 1. The van der Waals surface area contributed by atoms with Gasteiger partial charge in [-0.3, -0.25) is 0 Å². The van der Waals surface area contributed by atoms with Gasteiger partial charge in [-0.1, -0.05) is 13.0 Å². The van der Waals surface area contributed by atoms with E-state index in [-0.39, 0.29) is 5.82 Å². The summed E-state index contributed by atoms with van der Waals surface area (Å²) >= 11 is 0. The standard InChI is InChI=1S/C14H16FN3/c1-2-10-5-12(8-13(15)7-10)6-11-3-4-17-14(9-11)18-16/h3-5,7-9H,2,6,16H2,1H3,(H,17,18). The van der Waals surface area contributed by atoms with Crippen molar-refractivity contribution in [3.63, 3.8) is 0 Å². The first-order valence-electron chi connectivity index (χ1n) is 5.91. The predicted molar refractivity (Wildman–Crippen MR) is 70.6 cm³/mol. The van der Waals surface area contributed by atoms with E-state index >= 15 is 0 Å². The normalized spacial score (nSPS) is 10.4. The Balaban J connectivity index is 2.24. The average molecular weight is 245 g/mol. The Bertz CT molecular complexity index is 540. The van der Waals surface area contributed by atoms with E-state index in [0.717, 1.165) is 23.1 Å². The zero-order chi connectivity index (χ0) is 13.0. The summed E-state index contributed by atoms with van der Waals surface area (Å²) in [5, 5.41) is 0. The van der Waals surface area contributed by atoms with E-state index in [0.29, 0.717) is 12.2 Å². The molecule has 0 fully saturated rings. The first-order valence-corrected chi connectivity index (χ1v) is 5.91. The molecule has 0 aliphatic heterocycles. The Kier molecular flexibility index (Phi) is 3.89. The lowest BCUT2D eigenvalue weighted by molar-refractivity contribution is 0.623. The van der Waals surface area contributed by atoms with Crippen molar-refractivity contribution in [2.75, 3.05) is 5.43 Å². The lowest BCUT2D eigenvalue weighted by atomic mass is 10.0. The number of aromatic nitrogens is 1. The van der Waals surface area contributed by atoms with Crippen molar-refractivity contribution in [1.29, 1.82) is 0 Å². The maximum Gasteiger partial charge on any atom is 0.140 e. The van der Waals surface area contributed by atoms with Crippen LogP contribution < -0.4 is 11.3 Å². The largest absolute Gasteiger partial charge is 0.308 e. The van der Waals surface area contributed by atoms with Gasteiger partial charge in [-0.25, -0.2) is 15.2 Å². The third-order valence-corrected chi connectivity index (χ3v) is 2.81. The van der Waals surface area contributed by atoms with E-state index < -0.39 is 0 Å². The number of rotatable bonds is 4. The summed E-state index contributed by atoms with van der Waals surface area (Å²) < 4.78 is 13.4. The zero-order valence-electron chi connectivity index (χ0n) is 10.3. The molecule has 1 aromatic heterocycles. The summed E-state index contributed by atoms with van der Waals surface area (Å²) in [4.78, 5) is 4.04. The number of hydrogen-bond acceptors (Lipinski definition) is 3. The number of nitrogens with one attached hydrogen (secondary N) is 1. The van der Waals surface area contributed by atoms with Gasteiger partial charge in [0.1, 0.15) is 11.6 Å². The number of anilines is 1. The summed E-state index contributed by atoms with van der Waals surface area (Å²) in [5.41, 5.74) is 5.52. The molecule has 0 saturated carbocycles. The molecule has 3 N–H and O–H groups in total. The Morgan fingerprint density at radius 2 is 1.94 bits per heavy atom. The zero-order valence-corrected chi connectivity index (χ0v) is 10.3. The number of hydrazine groups is 1. The Morgan fingerprint density at radius 3 is 2.67 bits per heavy atom. The average Bonchev–Trinajstić information content (AvgIpc) is 2.38. The molecule has 2 aromatic rings. The molecule has 3 nitrogen and oxygen atoms in total. The molecule has 0 atom stereocenters. The third-order valence-electron chi connectivity index (χ3n) is 2.81. The van der Waals surface area contributed by atoms with Crippen molar-refractivity contribution in [3.8, 4) is 0 Å². The number of halogens is 1. The van der Waals surface area contributed by atoms with Crippen LogP contribution in [0.5, 0.6) is 0 Å². The molecule has 94 valence electrons. The first-order chi connectivity index (χ1) is 8.71. The minimum Gasteiger partial charge on any atom is -0.308 e. The van der Waals surface area contributed by atoms with Crippen LogP contribution in [0.3, 0.4) is 0 Å². The van der Waals surface area contributed by atoms with E-state index in [1.807, 2.05) is 25.1 Å². The molecule has 1 heterocycles. The molecule has 0 unspecified atom stereocenters. The van der Waals surface area contributed by atoms with E-state index in [1.165, 1.54) is 0 Å². The lowest BCUT2D eigenvalue weighted by Crippen LogP contribution is -2.08. The van der Waals surface area contributed by atoms with Gasteiger partial charge in [0.2, 0.25) is 0 Å². The van der Waals surface area contributed by atoms with Gasteiger partial charge in [0.25, 0.3) is 0 Å². The van der Waals surface area contributed by atoms with E-state index in [2.05, 4.69) is 10.4 Å². The van der Waals surface area contributed by atoms with E-state index in [1.54, 1.807) is 18.3 Å². The van der Waals surface area contributed by atoms with Crippen LogP contribution in [0.1, 0.15) is 23.6 Å². The van der Waals surface area contributed by atoms with Gasteiger partial charge in [-0.05, 0) is 53.8 Å². The Hall–Kier alpha value is -1.94. The minimum atomic E-state index is -0.185. The number of nitrogen functional groups attached to an aromatic ring is 1. The van der Waals surface area contributed by atoms with Crippen LogP contribution in [0, 0.1) is 5.82 Å². The summed E-state index contributed by atoms with van der Waals surface area (Å²) in [6.45, 7) is 2.02. The van der Waals surface area contributed by atoms with Crippen molar-refractivity contribution >= 4 is 5.82 Å². The number of hydrogen-bond donors (Lipinski definition) is 2. The molecule has 0 radical (unpaired) electrons. The van der Waals surface area contributed by atoms with Crippen molar-refractivity contribution in [2.24, 2.45) is 5.84 Å². The lowest BCUT2D eigenvalue weighted by Gasteiger charge is -2.06. The summed E-state index contributed by atoms with van der Waals surface area (Å²) in [6, 6.07) is 8.92. The highest BCUT2D eigenvalue weighted by Crippen LogP contribution is 2.15. The SMILES string of the molecule is CCc1cc(F)cc(Cc2ccnc(NN)c2)c1. The van der Waals surface area contributed by atoms with Crippen molar-refractivity contribution in [1.82, 2.24) is 4.98 Å². The minimum absolute atomic E-state index is 0.185. The predicted octanol–water partition coefficient (Wildman–Crippen LogP) is 2.66. The fourth-order valence-corrected chi connectivity index (χ4v) is 1.92. The number of nitrogens with zero attached hydrogens (tertiary/aromatic N) is 1.